The van der Waals surface area contributed by atoms with Crippen LogP contribution in [0.5, 0.6) is 0 Å². The predicted octanol–water partition coefficient (Wildman–Crippen LogP) is 5.38. The van der Waals surface area contributed by atoms with Gasteiger partial charge in [-0.3, -0.25) is 9.59 Å². The minimum atomic E-state index is -0.678. The first-order chi connectivity index (χ1) is 11.6. The Morgan fingerprint density at radius 1 is 0.640 bits per heavy atom. The molecular formula is C20H39KO4. The van der Waals surface area contributed by atoms with Gasteiger partial charge in [0.05, 0.1) is 0 Å². The van der Waals surface area contributed by atoms with Gasteiger partial charge in [0, 0.05) is 12.8 Å². The first-order valence-corrected chi connectivity index (χ1v) is 9.99. The Morgan fingerprint density at radius 2 is 0.960 bits per heavy atom. The van der Waals surface area contributed by atoms with Crippen LogP contribution in [0, 0.1) is 5.92 Å². The van der Waals surface area contributed by atoms with E-state index in [1.54, 1.807) is 0 Å². The van der Waals surface area contributed by atoms with Gasteiger partial charge in [0.15, 0.2) is 0 Å². The van der Waals surface area contributed by atoms with Crippen molar-refractivity contribution in [1.29, 1.82) is 0 Å². The summed E-state index contributed by atoms with van der Waals surface area (Å²) < 4.78 is 0. The van der Waals surface area contributed by atoms with Crippen LogP contribution in [0.15, 0.2) is 0 Å². The molecule has 0 aliphatic heterocycles. The van der Waals surface area contributed by atoms with Crippen molar-refractivity contribution in [1.82, 2.24) is 0 Å². The van der Waals surface area contributed by atoms with Gasteiger partial charge in [0.1, 0.15) is 0 Å². The van der Waals surface area contributed by atoms with E-state index < -0.39 is 11.9 Å². The van der Waals surface area contributed by atoms with Crippen LogP contribution in [0.1, 0.15) is 110 Å². The van der Waals surface area contributed by atoms with Gasteiger partial charge < -0.3 is 10.2 Å². The van der Waals surface area contributed by atoms with Crippen LogP contribution in [-0.2, 0) is 9.59 Å². The fraction of sp³-hybridized carbons (Fsp3) is 0.900. The zero-order valence-corrected chi connectivity index (χ0v) is 15.6. The number of carbonyl (C=O) groups is 2. The monoisotopic (exact) mass is 382 g/mol. The van der Waals surface area contributed by atoms with Crippen LogP contribution in [-0.4, -0.2) is 73.5 Å². The van der Waals surface area contributed by atoms with E-state index in [2.05, 4.69) is 6.92 Å². The molecule has 0 rings (SSSR count). The first-order valence-electron chi connectivity index (χ1n) is 9.99. The quantitative estimate of drug-likeness (QED) is 0.246. The maximum atomic E-state index is 10.4. The Morgan fingerprint density at radius 3 is 1.28 bits per heavy atom. The fourth-order valence-corrected chi connectivity index (χ4v) is 3.21. The summed E-state index contributed by atoms with van der Waals surface area (Å²) in [7, 11) is 0. The molecule has 4 nitrogen and oxygen atoms in total. The minimum absolute atomic E-state index is 0. The van der Waals surface area contributed by atoms with Crippen molar-refractivity contribution in [2.24, 2.45) is 5.92 Å². The van der Waals surface area contributed by atoms with Crippen molar-refractivity contribution >= 4 is 63.3 Å². The van der Waals surface area contributed by atoms with E-state index in [4.69, 9.17) is 10.2 Å². The molecule has 25 heavy (non-hydrogen) atoms. The summed E-state index contributed by atoms with van der Waals surface area (Å²) in [6, 6.07) is 0. The topological polar surface area (TPSA) is 74.6 Å². The van der Waals surface area contributed by atoms with Crippen molar-refractivity contribution < 1.29 is 19.8 Å². The standard InChI is InChI=1S/C20H38O4.K.H/c1-2-18(15-11-8-9-13-17-20(23)24)14-10-6-4-3-5-7-12-16-19(21)22;;/h18H,2-17H2,1H3,(H,21,22)(H,23,24);;. The second-order valence-electron chi connectivity index (χ2n) is 7.03. The molecule has 0 aliphatic rings. The first kappa shape index (κ1) is 27.8. The van der Waals surface area contributed by atoms with Gasteiger partial charge in [-0.25, -0.2) is 0 Å². The van der Waals surface area contributed by atoms with Crippen molar-refractivity contribution in [3.63, 3.8) is 0 Å². The van der Waals surface area contributed by atoms with Crippen LogP contribution < -0.4 is 0 Å². The molecule has 1 atom stereocenters. The molecular weight excluding hydrogens is 343 g/mol. The Labute approximate surface area is 197 Å². The molecule has 0 amide bonds. The predicted molar refractivity (Wildman–Crippen MR) is 105 cm³/mol. The summed E-state index contributed by atoms with van der Waals surface area (Å²) in [5.41, 5.74) is 0. The van der Waals surface area contributed by atoms with Crippen LogP contribution >= 0.6 is 0 Å². The summed E-state index contributed by atoms with van der Waals surface area (Å²) in [4.78, 5) is 20.8. The second kappa shape index (κ2) is 20.9. The van der Waals surface area contributed by atoms with Gasteiger partial charge in [-0.05, 0) is 18.8 Å². The number of carboxylic acids is 2. The van der Waals surface area contributed by atoms with Crippen LogP contribution in [0.3, 0.4) is 0 Å². The second-order valence-corrected chi connectivity index (χ2v) is 7.03. The number of hydrogen-bond donors (Lipinski definition) is 2. The number of carboxylic acid groups (broad SMARTS) is 2. The summed E-state index contributed by atoms with van der Waals surface area (Å²) in [5, 5.41) is 17.2. The van der Waals surface area contributed by atoms with Crippen LogP contribution in [0.4, 0.5) is 0 Å². The molecule has 0 fully saturated rings. The van der Waals surface area contributed by atoms with E-state index in [1.165, 1.54) is 64.2 Å². The fourth-order valence-electron chi connectivity index (χ4n) is 3.21. The Kier molecular flexibility index (Phi) is 23.2. The SMILES string of the molecule is CCC(CCCCCCCCCC(=O)O)CCCCCCC(=O)O.[KH]. The van der Waals surface area contributed by atoms with E-state index in [0.29, 0.717) is 12.8 Å². The Bertz CT molecular complexity index is 321. The van der Waals surface area contributed by atoms with Crippen molar-refractivity contribution in [3.8, 4) is 0 Å². The Hall–Kier alpha value is 0.576. The van der Waals surface area contributed by atoms with Gasteiger partial charge >= 0.3 is 63.3 Å². The molecule has 2 N–H and O–H groups in total. The van der Waals surface area contributed by atoms with Gasteiger partial charge in [-0.2, -0.15) is 0 Å². The van der Waals surface area contributed by atoms with Crippen molar-refractivity contribution in [2.75, 3.05) is 0 Å². The number of hydrogen-bond acceptors (Lipinski definition) is 2. The molecule has 0 spiro atoms. The zero-order chi connectivity index (χ0) is 18.0. The molecule has 0 bridgehead atoms. The van der Waals surface area contributed by atoms with Crippen LogP contribution in [0.25, 0.3) is 0 Å². The third-order valence-corrected chi connectivity index (χ3v) is 4.83. The zero-order valence-electron chi connectivity index (χ0n) is 15.6. The summed E-state index contributed by atoms with van der Waals surface area (Å²) in [6.07, 6.45) is 16.9. The average Bonchev–Trinajstić information content (AvgIpc) is 2.53. The molecule has 144 valence electrons. The normalized spacial score (nSPS) is 11.7. The number of unbranched alkanes of at least 4 members (excludes halogenated alkanes) is 9. The summed E-state index contributed by atoms with van der Waals surface area (Å²) in [5.74, 6) is -0.522. The van der Waals surface area contributed by atoms with Gasteiger partial charge in [-0.15, -0.1) is 0 Å². The van der Waals surface area contributed by atoms with Gasteiger partial charge in [-0.1, -0.05) is 84.0 Å². The third kappa shape index (κ3) is 22.5. The van der Waals surface area contributed by atoms with E-state index in [0.717, 1.165) is 31.6 Å². The van der Waals surface area contributed by atoms with E-state index in [-0.39, 0.29) is 51.4 Å². The molecule has 0 aromatic rings. The Balaban J connectivity index is 0. The van der Waals surface area contributed by atoms with Crippen LogP contribution in [0.2, 0.25) is 0 Å². The molecule has 0 aliphatic carbocycles. The number of aliphatic carboxylic acids is 2. The van der Waals surface area contributed by atoms with E-state index >= 15 is 0 Å². The molecule has 0 saturated heterocycles. The van der Waals surface area contributed by atoms with Gasteiger partial charge in [0.25, 0.3) is 0 Å². The summed E-state index contributed by atoms with van der Waals surface area (Å²) >= 11 is 0. The molecule has 0 aromatic carbocycles. The molecule has 0 aromatic heterocycles. The third-order valence-electron chi connectivity index (χ3n) is 4.83. The molecule has 0 saturated carbocycles. The molecule has 0 heterocycles. The van der Waals surface area contributed by atoms with Crippen molar-refractivity contribution in [2.45, 2.75) is 110 Å². The van der Waals surface area contributed by atoms with Crippen molar-refractivity contribution in [3.05, 3.63) is 0 Å². The summed E-state index contributed by atoms with van der Waals surface area (Å²) in [6.45, 7) is 2.28. The molecule has 1 unspecified atom stereocenters. The average molecular weight is 383 g/mol. The number of rotatable bonds is 18. The molecule has 0 radical (unpaired) electrons. The maximum absolute atomic E-state index is 10.4. The van der Waals surface area contributed by atoms with E-state index in [1.807, 2.05) is 0 Å². The van der Waals surface area contributed by atoms with E-state index in [9.17, 15) is 9.59 Å². The molecule has 5 heteroatoms. The van der Waals surface area contributed by atoms with Gasteiger partial charge in [0.2, 0.25) is 0 Å².